The number of hydrogen-bond acceptors (Lipinski definition) is 3. The van der Waals surface area contributed by atoms with Crippen molar-refractivity contribution in [3.63, 3.8) is 0 Å². The first-order valence-electron chi connectivity index (χ1n) is 6.30. The van der Waals surface area contributed by atoms with Gasteiger partial charge in [0, 0.05) is 5.56 Å². The summed E-state index contributed by atoms with van der Waals surface area (Å²) in [7, 11) is 3.27. The van der Waals surface area contributed by atoms with Gasteiger partial charge in [-0.05, 0) is 40.5 Å². The molecule has 2 N–H and O–H groups in total. The van der Waals surface area contributed by atoms with Crippen LogP contribution in [-0.4, -0.2) is 14.2 Å². The van der Waals surface area contributed by atoms with Gasteiger partial charge in [-0.2, -0.15) is 0 Å². The number of hydrogen-bond donors (Lipinski definition) is 1. The molecule has 0 spiro atoms. The van der Waals surface area contributed by atoms with Crippen LogP contribution in [0.15, 0.2) is 40.9 Å². The molecular weight excluding hydrogens is 318 g/mol. The van der Waals surface area contributed by atoms with E-state index < -0.39 is 0 Å². The van der Waals surface area contributed by atoms with Crippen LogP contribution in [0, 0.1) is 6.92 Å². The van der Waals surface area contributed by atoms with Gasteiger partial charge >= 0.3 is 0 Å². The zero-order valence-electron chi connectivity index (χ0n) is 11.8. The van der Waals surface area contributed by atoms with Crippen LogP contribution in [-0.2, 0) is 0 Å². The summed E-state index contributed by atoms with van der Waals surface area (Å²) >= 11 is 3.45. The Hall–Kier alpha value is -1.52. The van der Waals surface area contributed by atoms with E-state index in [0.717, 1.165) is 27.1 Å². The number of ether oxygens (including phenoxy) is 2. The lowest BCUT2D eigenvalue weighted by Gasteiger charge is -2.18. The third-order valence-electron chi connectivity index (χ3n) is 3.28. The Bertz CT molecular complexity index is 596. The average molecular weight is 336 g/mol. The number of halogens is 1. The van der Waals surface area contributed by atoms with Crippen molar-refractivity contribution < 1.29 is 9.47 Å². The van der Waals surface area contributed by atoms with Gasteiger partial charge < -0.3 is 15.2 Å². The zero-order chi connectivity index (χ0) is 14.7. The highest BCUT2D eigenvalue weighted by Gasteiger charge is 2.17. The smallest absolute Gasteiger partial charge is 0.133 e. The Balaban J connectivity index is 2.47. The molecule has 0 aliphatic carbocycles. The third kappa shape index (κ3) is 2.97. The summed E-state index contributed by atoms with van der Waals surface area (Å²) in [6.45, 7) is 2.05. The number of aryl methyl sites for hydroxylation is 1. The Morgan fingerprint density at radius 3 is 2.15 bits per heavy atom. The monoisotopic (exact) mass is 335 g/mol. The lowest BCUT2D eigenvalue weighted by molar-refractivity contribution is 0.395. The maximum absolute atomic E-state index is 6.37. The Morgan fingerprint density at radius 2 is 1.60 bits per heavy atom. The molecule has 1 atom stereocenters. The molecular formula is C16H18BrNO2. The molecule has 0 aliphatic rings. The molecule has 0 fully saturated rings. The topological polar surface area (TPSA) is 44.5 Å². The third-order valence-corrected chi connectivity index (χ3v) is 3.90. The molecule has 0 bridgehead atoms. The summed E-state index contributed by atoms with van der Waals surface area (Å²) in [5.74, 6) is 1.48. The molecule has 1 unspecified atom stereocenters. The van der Waals surface area contributed by atoms with Crippen LogP contribution in [0.25, 0.3) is 0 Å². The summed E-state index contributed by atoms with van der Waals surface area (Å²) in [6, 6.07) is 11.7. The molecule has 0 aliphatic heterocycles. The van der Waals surface area contributed by atoms with Crippen molar-refractivity contribution in [3.05, 3.63) is 57.6 Å². The van der Waals surface area contributed by atoms with Crippen LogP contribution in [0.2, 0.25) is 0 Å². The molecule has 4 heteroatoms. The predicted molar refractivity (Wildman–Crippen MR) is 84.5 cm³/mol. The minimum Gasteiger partial charge on any atom is -0.496 e. The van der Waals surface area contributed by atoms with E-state index in [0.29, 0.717) is 0 Å². The molecule has 0 amide bonds. The zero-order valence-corrected chi connectivity index (χ0v) is 13.4. The normalized spacial score (nSPS) is 12.1. The molecule has 20 heavy (non-hydrogen) atoms. The van der Waals surface area contributed by atoms with E-state index in [1.807, 2.05) is 24.3 Å². The van der Waals surface area contributed by atoms with E-state index in [2.05, 4.69) is 35.0 Å². The average Bonchev–Trinajstić information content (AvgIpc) is 2.47. The van der Waals surface area contributed by atoms with Crippen molar-refractivity contribution in [1.29, 1.82) is 0 Å². The summed E-state index contributed by atoms with van der Waals surface area (Å²) in [4.78, 5) is 0. The van der Waals surface area contributed by atoms with Gasteiger partial charge in [-0.3, -0.25) is 0 Å². The lowest BCUT2D eigenvalue weighted by Crippen LogP contribution is -2.13. The second-order valence-electron chi connectivity index (χ2n) is 4.62. The fourth-order valence-corrected chi connectivity index (χ4v) is 2.56. The van der Waals surface area contributed by atoms with Gasteiger partial charge in [0.25, 0.3) is 0 Å². The van der Waals surface area contributed by atoms with E-state index in [4.69, 9.17) is 15.2 Å². The molecule has 0 saturated heterocycles. The summed E-state index contributed by atoms with van der Waals surface area (Å²) in [6.07, 6.45) is 0. The highest BCUT2D eigenvalue weighted by molar-refractivity contribution is 9.10. The second kappa shape index (κ2) is 6.29. The minimum atomic E-state index is -0.257. The number of nitrogens with two attached hydrogens (primary N) is 1. The van der Waals surface area contributed by atoms with Crippen molar-refractivity contribution in [3.8, 4) is 11.5 Å². The number of benzene rings is 2. The van der Waals surface area contributed by atoms with Gasteiger partial charge in [0.2, 0.25) is 0 Å². The molecule has 2 aromatic carbocycles. The van der Waals surface area contributed by atoms with Crippen LogP contribution >= 0.6 is 15.9 Å². The van der Waals surface area contributed by atoms with Crippen molar-refractivity contribution >= 4 is 15.9 Å². The highest BCUT2D eigenvalue weighted by atomic mass is 79.9. The van der Waals surface area contributed by atoms with Gasteiger partial charge in [0.05, 0.1) is 24.7 Å². The molecule has 2 rings (SSSR count). The summed E-state index contributed by atoms with van der Waals surface area (Å²) < 4.78 is 11.6. The molecule has 0 aromatic heterocycles. The van der Waals surface area contributed by atoms with E-state index in [9.17, 15) is 0 Å². The van der Waals surface area contributed by atoms with Crippen LogP contribution in [0.4, 0.5) is 0 Å². The van der Waals surface area contributed by atoms with Crippen molar-refractivity contribution in [2.45, 2.75) is 13.0 Å². The van der Waals surface area contributed by atoms with Gasteiger partial charge in [-0.25, -0.2) is 0 Å². The highest BCUT2D eigenvalue weighted by Crippen LogP contribution is 2.37. The van der Waals surface area contributed by atoms with Crippen LogP contribution in [0.3, 0.4) is 0 Å². The van der Waals surface area contributed by atoms with E-state index in [1.165, 1.54) is 5.56 Å². The number of methoxy groups -OCH3 is 2. The standard InChI is InChI=1S/C16H18BrNO2/c1-10-4-6-11(7-5-10)16(18)12-8-15(20-3)13(17)9-14(12)19-2/h4-9,16H,18H2,1-3H3. The summed E-state index contributed by atoms with van der Waals surface area (Å²) in [5.41, 5.74) is 9.51. The first-order valence-corrected chi connectivity index (χ1v) is 7.09. The van der Waals surface area contributed by atoms with Crippen LogP contribution < -0.4 is 15.2 Å². The largest absolute Gasteiger partial charge is 0.496 e. The number of rotatable bonds is 4. The van der Waals surface area contributed by atoms with Crippen LogP contribution in [0.5, 0.6) is 11.5 Å². The van der Waals surface area contributed by atoms with Crippen molar-refractivity contribution in [2.24, 2.45) is 5.73 Å². The molecule has 2 aromatic rings. The predicted octanol–water partition coefficient (Wildman–Crippen LogP) is 3.82. The molecule has 0 heterocycles. The Kier molecular flexibility index (Phi) is 4.68. The van der Waals surface area contributed by atoms with Gasteiger partial charge in [0.15, 0.2) is 0 Å². The lowest BCUT2D eigenvalue weighted by atomic mass is 9.97. The molecule has 0 saturated carbocycles. The fourth-order valence-electron chi connectivity index (χ4n) is 2.08. The molecule has 3 nitrogen and oxygen atoms in total. The maximum atomic E-state index is 6.37. The van der Waals surface area contributed by atoms with Gasteiger partial charge in [0.1, 0.15) is 11.5 Å². The van der Waals surface area contributed by atoms with Crippen molar-refractivity contribution in [2.75, 3.05) is 14.2 Å². The Morgan fingerprint density at radius 1 is 1.00 bits per heavy atom. The van der Waals surface area contributed by atoms with Crippen LogP contribution in [0.1, 0.15) is 22.7 Å². The maximum Gasteiger partial charge on any atom is 0.133 e. The minimum absolute atomic E-state index is 0.257. The quantitative estimate of drug-likeness (QED) is 0.923. The van der Waals surface area contributed by atoms with E-state index in [-0.39, 0.29) is 6.04 Å². The van der Waals surface area contributed by atoms with E-state index >= 15 is 0 Å². The first kappa shape index (κ1) is 14.9. The second-order valence-corrected chi connectivity index (χ2v) is 5.47. The molecule has 0 radical (unpaired) electrons. The molecule has 106 valence electrons. The van der Waals surface area contributed by atoms with Crippen molar-refractivity contribution in [1.82, 2.24) is 0 Å². The Labute approximate surface area is 127 Å². The SMILES string of the molecule is COc1cc(C(N)c2ccc(C)cc2)c(OC)cc1Br. The summed E-state index contributed by atoms with van der Waals surface area (Å²) in [5, 5.41) is 0. The fraction of sp³-hybridized carbons (Fsp3) is 0.250. The van der Waals surface area contributed by atoms with Gasteiger partial charge in [-0.1, -0.05) is 29.8 Å². The first-order chi connectivity index (χ1) is 9.56. The van der Waals surface area contributed by atoms with Gasteiger partial charge in [-0.15, -0.1) is 0 Å². The van der Waals surface area contributed by atoms with E-state index in [1.54, 1.807) is 14.2 Å².